The number of halogens is 2. The largest absolute Gasteiger partial charge is 4.00 e. The molecule has 0 aliphatic heterocycles. The predicted octanol–water partition coefficient (Wildman–Crippen LogP) is -0.997. The Labute approximate surface area is 155 Å². The van der Waals surface area contributed by atoms with Crippen LogP contribution in [0.3, 0.4) is 0 Å². The minimum Gasteiger partial charge on any atom is -1.00 e. The van der Waals surface area contributed by atoms with Crippen molar-refractivity contribution in [3.05, 3.63) is 58.1 Å². The van der Waals surface area contributed by atoms with Gasteiger partial charge in [0.05, 0.1) is 0 Å². The van der Waals surface area contributed by atoms with E-state index in [-0.39, 0.29) is 50.7 Å². The molecule has 0 atom stereocenters. The fourth-order valence-electron chi connectivity index (χ4n) is 2.24. The molecule has 0 bridgehead atoms. The number of hydrogen-bond donors (Lipinski definition) is 0. The van der Waals surface area contributed by atoms with Crippen LogP contribution >= 0.6 is 0 Å². The molecule has 0 nitrogen and oxygen atoms in total. The van der Waals surface area contributed by atoms with Crippen LogP contribution in [0, 0.1) is 27.7 Å². The summed E-state index contributed by atoms with van der Waals surface area (Å²) < 4.78 is 0. The molecule has 0 saturated carbocycles. The van der Waals surface area contributed by atoms with Crippen molar-refractivity contribution in [2.75, 3.05) is 0 Å². The maximum Gasteiger partial charge on any atom is 4.00 e. The summed E-state index contributed by atoms with van der Waals surface area (Å²) >= 11 is 0. The fourth-order valence-corrected chi connectivity index (χ4v) is 2.24. The van der Waals surface area contributed by atoms with E-state index in [2.05, 4.69) is 34.6 Å². The molecule has 0 aliphatic rings. The van der Waals surface area contributed by atoms with Crippen LogP contribution in [0.4, 0.5) is 0 Å². The summed E-state index contributed by atoms with van der Waals surface area (Å²) in [5.41, 5.74) is 7.62. The summed E-state index contributed by atoms with van der Waals surface area (Å²) in [6, 6.07) is 10.0. The molecule has 0 unspecified atom stereocenters. The molecule has 0 spiro atoms. The monoisotopic (exact) mass is 478 g/mol. The third-order valence-corrected chi connectivity index (χ3v) is 3.65. The van der Waals surface area contributed by atoms with E-state index in [0.29, 0.717) is 0 Å². The number of rotatable bonds is 2. The Morgan fingerprint density at radius 3 is 1.75 bits per heavy atom. The molecule has 0 N–H and O–H groups in total. The summed E-state index contributed by atoms with van der Waals surface area (Å²) in [6.07, 6.45) is 2.50. The van der Waals surface area contributed by atoms with Crippen molar-refractivity contribution < 1.29 is 50.7 Å². The number of hydrogen-bond acceptors (Lipinski definition) is 0. The molecule has 110 valence electrons. The van der Waals surface area contributed by atoms with Crippen molar-refractivity contribution in [1.29, 1.82) is 0 Å². The Hall–Kier alpha value is 0.150. The van der Waals surface area contributed by atoms with E-state index >= 15 is 0 Å². The molecule has 0 saturated heterocycles. The van der Waals surface area contributed by atoms with Gasteiger partial charge in [0.1, 0.15) is 0 Å². The topological polar surface area (TPSA) is 0 Å². The molecule has 2 aromatic carbocycles. The van der Waals surface area contributed by atoms with Crippen LogP contribution in [0.15, 0.2) is 30.3 Å². The van der Waals surface area contributed by atoms with Crippen molar-refractivity contribution in [1.82, 2.24) is 0 Å². The van der Waals surface area contributed by atoms with Gasteiger partial charge in [-0.2, -0.15) is 46.0 Å². The Kier molecular flexibility index (Phi) is 16.2. The first-order valence-electron chi connectivity index (χ1n) is 6.48. The second-order valence-electron chi connectivity index (χ2n) is 4.69. The Morgan fingerprint density at radius 2 is 1.50 bits per heavy atom. The van der Waals surface area contributed by atoms with Crippen molar-refractivity contribution in [2.24, 2.45) is 0 Å². The molecule has 2 rings (SSSR count). The van der Waals surface area contributed by atoms with Crippen LogP contribution < -0.4 is 24.8 Å². The van der Waals surface area contributed by atoms with Crippen molar-refractivity contribution >= 4 is 0 Å². The van der Waals surface area contributed by atoms with E-state index in [0.717, 1.165) is 0 Å². The smallest absolute Gasteiger partial charge is 1.00 e. The summed E-state index contributed by atoms with van der Waals surface area (Å²) in [5, 5.41) is 0. The average Bonchev–Trinajstić information content (AvgIpc) is 2.95. The van der Waals surface area contributed by atoms with Crippen LogP contribution in [0.1, 0.15) is 41.2 Å². The second-order valence-corrected chi connectivity index (χ2v) is 4.69. The van der Waals surface area contributed by atoms with Gasteiger partial charge in [0.25, 0.3) is 0 Å². The first-order chi connectivity index (χ1) is 8.09. The molecule has 2 aromatic rings. The standard InChI is InChI=1S/C12H19.C5H5.2ClH.Hf/c1-6-7-12-10(4)8(2)9(3)11(12)5;1-2-4-5-3-1;;;/h6-7H2,1-5H3;1-5H;2*1H;/q2*-1;;;+4/p-2. The van der Waals surface area contributed by atoms with Crippen molar-refractivity contribution in [3.8, 4) is 0 Å². The third-order valence-electron chi connectivity index (χ3n) is 3.65. The van der Waals surface area contributed by atoms with Gasteiger partial charge in [-0.3, -0.25) is 0 Å². The molecule has 0 radical (unpaired) electrons. The van der Waals surface area contributed by atoms with Crippen LogP contribution in [-0.2, 0) is 32.3 Å². The van der Waals surface area contributed by atoms with Gasteiger partial charge in [-0.15, -0.1) is 0 Å². The molecule has 0 fully saturated rings. The second kappa shape index (κ2) is 12.9. The van der Waals surface area contributed by atoms with Crippen molar-refractivity contribution in [2.45, 2.75) is 47.5 Å². The van der Waals surface area contributed by atoms with Gasteiger partial charge in [0, 0.05) is 0 Å². The fraction of sp³-hybridized carbons (Fsp3) is 0.412. The van der Waals surface area contributed by atoms with E-state index in [1.165, 1.54) is 35.1 Å². The van der Waals surface area contributed by atoms with Gasteiger partial charge in [-0.1, -0.05) is 47.5 Å². The van der Waals surface area contributed by atoms with E-state index in [9.17, 15) is 0 Å². The van der Waals surface area contributed by atoms with E-state index in [1.807, 2.05) is 30.3 Å². The summed E-state index contributed by atoms with van der Waals surface area (Å²) in [7, 11) is 0. The molecule has 0 aromatic heterocycles. The zero-order chi connectivity index (χ0) is 12.8. The third kappa shape index (κ3) is 6.74. The zero-order valence-electron chi connectivity index (χ0n) is 13.1. The SMILES string of the molecule is CCCc1c(C)c(C)c(C)[c-]1C.[Cl-].[Cl-].[Hf+4].c1cc[cH-]c1. The Bertz CT molecular complexity index is 399. The summed E-state index contributed by atoms with van der Waals surface area (Å²) in [4.78, 5) is 0. The van der Waals surface area contributed by atoms with E-state index in [4.69, 9.17) is 0 Å². The van der Waals surface area contributed by atoms with Gasteiger partial charge < -0.3 is 24.8 Å². The van der Waals surface area contributed by atoms with E-state index in [1.54, 1.807) is 5.56 Å². The molecule has 0 aliphatic carbocycles. The van der Waals surface area contributed by atoms with Crippen LogP contribution in [0.2, 0.25) is 0 Å². The molecule has 20 heavy (non-hydrogen) atoms. The average molecular weight is 478 g/mol. The maximum atomic E-state index is 2.25. The maximum absolute atomic E-state index is 2.25. The molecule has 0 heterocycles. The van der Waals surface area contributed by atoms with Gasteiger partial charge in [0.2, 0.25) is 0 Å². The minimum atomic E-state index is 0. The van der Waals surface area contributed by atoms with E-state index < -0.39 is 0 Å². The summed E-state index contributed by atoms with van der Waals surface area (Å²) in [6.45, 7) is 11.2. The molecule has 0 amide bonds. The van der Waals surface area contributed by atoms with Crippen molar-refractivity contribution in [3.63, 3.8) is 0 Å². The van der Waals surface area contributed by atoms with Gasteiger partial charge in [-0.25, -0.2) is 12.1 Å². The summed E-state index contributed by atoms with van der Waals surface area (Å²) in [5.74, 6) is 0. The zero-order valence-corrected chi connectivity index (χ0v) is 18.2. The molecular weight excluding hydrogens is 454 g/mol. The van der Waals surface area contributed by atoms with Gasteiger partial charge in [0.15, 0.2) is 0 Å². The quantitative estimate of drug-likeness (QED) is 0.385. The van der Waals surface area contributed by atoms with Gasteiger partial charge in [-0.05, 0) is 0 Å². The van der Waals surface area contributed by atoms with Gasteiger partial charge >= 0.3 is 25.8 Å². The molecule has 3 heteroatoms. The van der Waals surface area contributed by atoms with Crippen LogP contribution in [0.5, 0.6) is 0 Å². The Balaban J connectivity index is -0.000000312. The first-order valence-corrected chi connectivity index (χ1v) is 6.48. The predicted molar refractivity (Wildman–Crippen MR) is 77.0 cm³/mol. The van der Waals surface area contributed by atoms with Crippen LogP contribution in [-0.4, -0.2) is 0 Å². The normalized spacial score (nSPS) is 8.45. The van der Waals surface area contributed by atoms with Crippen LogP contribution in [0.25, 0.3) is 0 Å². The first kappa shape index (κ1) is 25.1. The minimum absolute atomic E-state index is 0. The Morgan fingerprint density at radius 1 is 1.00 bits per heavy atom. The molecular formula is C17H24Cl2Hf.